The van der Waals surface area contributed by atoms with Crippen molar-refractivity contribution in [3.8, 4) is 5.75 Å². The zero-order valence-electron chi connectivity index (χ0n) is 19.9. The Morgan fingerprint density at radius 3 is 2.61 bits per heavy atom. The number of fused-ring (bicyclic) bond motifs is 1. The van der Waals surface area contributed by atoms with Gasteiger partial charge < -0.3 is 23.9 Å². The maximum absolute atomic E-state index is 13.7. The second-order valence-electron chi connectivity index (χ2n) is 8.84. The molecule has 1 amide bonds. The highest BCUT2D eigenvalue weighted by molar-refractivity contribution is 9.10. The van der Waals surface area contributed by atoms with Gasteiger partial charge in [0.05, 0.1) is 31.9 Å². The number of halogens is 1. The van der Waals surface area contributed by atoms with E-state index in [2.05, 4.69) is 20.8 Å². The number of ketones is 1. The van der Waals surface area contributed by atoms with Gasteiger partial charge in [-0.15, -0.1) is 0 Å². The summed E-state index contributed by atoms with van der Waals surface area (Å²) in [4.78, 5) is 30.8. The van der Waals surface area contributed by atoms with E-state index in [1.54, 1.807) is 17.0 Å². The van der Waals surface area contributed by atoms with Crippen LogP contribution in [0.25, 0.3) is 11.0 Å². The van der Waals surface area contributed by atoms with Crippen LogP contribution in [-0.4, -0.2) is 73.1 Å². The maximum atomic E-state index is 13.7. The molecule has 9 heteroatoms. The SMILES string of the molecule is COc1cccc2cc(C(=O)C3=C(O)C(=O)N(CCCN4CCOCC4)[C@H]3c3ccc(Br)cc3)oc12. The van der Waals surface area contributed by atoms with Crippen molar-refractivity contribution < 1.29 is 28.6 Å². The fourth-order valence-corrected chi connectivity index (χ4v) is 5.10. The molecule has 0 spiro atoms. The molecule has 1 saturated heterocycles. The van der Waals surface area contributed by atoms with E-state index < -0.39 is 23.5 Å². The molecule has 8 nitrogen and oxygen atoms in total. The summed E-state index contributed by atoms with van der Waals surface area (Å²) in [6.45, 7) is 4.31. The maximum Gasteiger partial charge on any atom is 0.290 e. The first kappa shape index (κ1) is 24.5. The molecule has 2 aliphatic heterocycles. The molecule has 2 aliphatic rings. The van der Waals surface area contributed by atoms with E-state index >= 15 is 0 Å². The Bertz CT molecular complexity index is 1310. The molecule has 1 N–H and O–H groups in total. The number of methoxy groups -OCH3 is 1. The predicted octanol–water partition coefficient (Wildman–Crippen LogP) is 4.50. The van der Waals surface area contributed by atoms with Crippen molar-refractivity contribution in [2.24, 2.45) is 0 Å². The molecular formula is C27H27BrN2O6. The van der Waals surface area contributed by atoms with Gasteiger partial charge in [-0.25, -0.2) is 0 Å². The van der Waals surface area contributed by atoms with Gasteiger partial charge in [0, 0.05) is 36.0 Å². The Hall–Kier alpha value is -3.14. The second kappa shape index (κ2) is 10.5. The van der Waals surface area contributed by atoms with Crippen molar-refractivity contribution in [2.75, 3.05) is 46.5 Å². The third-order valence-corrected chi connectivity index (χ3v) is 7.19. The Labute approximate surface area is 217 Å². The van der Waals surface area contributed by atoms with Crippen molar-refractivity contribution in [3.05, 3.63) is 75.7 Å². The van der Waals surface area contributed by atoms with Crippen molar-refractivity contribution in [2.45, 2.75) is 12.5 Å². The highest BCUT2D eigenvalue weighted by atomic mass is 79.9. The lowest BCUT2D eigenvalue weighted by Gasteiger charge is -2.30. The normalized spacial score (nSPS) is 18.9. The summed E-state index contributed by atoms with van der Waals surface area (Å²) in [6, 6.07) is 13.7. The van der Waals surface area contributed by atoms with Gasteiger partial charge in [-0.2, -0.15) is 0 Å². The van der Waals surface area contributed by atoms with Crippen LogP contribution in [0.4, 0.5) is 0 Å². The number of rotatable bonds is 8. The number of furan rings is 1. The molecule has 5 rings (SSSR count). The fourth-order valence-electron chi connectivity index (χ4n) is 4.84. The van der Waals surface area contributed by atoms with Gasteiger partial charge in [-0.05, 0) is 36.2 Å². The van der Waals surface area contributed by atoms with Crippen LogP contribution in [0.3, 0.4) is 0 Å². The van der Waals surface area contributed by atoms with Gasteiger partial charge in [-0.3, -0.25) is 14.5 Å². The molecule has 1 aromatic heterocycles. The first-order valence-corrected chi connectivity index (χ1v) is 12.7. The molecule has 1 fully saturated rings. The lowest BCUT2D eigenvalue weighted by Crippen LogP contribution is -2.39. The number of amides is 1. The number of carbonyl (C=O) groups is 2. The number of aliphatic hydroxyl groups excluding tert-OH is 1. The molecule has 0 saturated carbocycles. The summed E-state index contributed by atoms with van der Waals surface area (Å²) in [5, 5.41) is 11.6. The summed E-state index contributed by atoms with van der Waals surface area (Å²) in [5.74, 6) is -1.07. The first-order valence-electron chi connectivity index (χ1n) is 11.9. The molecule has 0 bridgehead atoms. The Balaban J connectivity index is 1.46. The number of hydrogen-bond acceptors (Lipinski definition) is 7. The van der Waals surface area contributed by atoms with Gasteiger partial charge in [0.25, 0.3) is 5.91 Å². The van der Waals surface area contributed by atoms with Crippen molar-refractivity contribution >= 4 is 38.6 Å². The van der Waals surface area contributed by atoms with E-state index in [1.807, 2.05) is 36.4 Å². The molecule has 0 unspecified atom stereocenters. The number of carbonyl (C=O) groups excluding carboxylic acids is 2. The van der Waals surface area contributed by atoms with E-state index in [-0.39, 0.29) is 11.3 Å². The van der Waals surface area contributed by atoms with Crippen LogP contribution in [-0.2, 0) is 9.53 Å². The van der Waals surface area contributed by atoms with Crippen LogP contribution in [0.1, 0.15) is 28.6 Å². The lowest BCUT2D eigenvalue weighted by atomic mass is 9.95. The summed E-state index contributed by atoms with van der Waals surface area (Å²) in [5.41, 5.74) is 1.20. The summed E-state index contributed by atoms with van der Waals surface area (Å²) >= 11 is 3.44. The highest BCUT2D eigenvalue weighted by Crippen LogP contribution is 2.40. The van der Waals surface area contributed by atoms with Crippen LogP contribution in [0.15, 0.2) is 68.8 Å². The highest BCUT2D eigenvalue weighted by Gasteiger charge is 2.44. The number of hydrogen-bond donors (Lipinski definition) is 1. The molecule has 0 aliphatic carbocycles. The minimum absolute atomic E-state index is 0.0201. The Kier molecular flexibility index (Phi) is 7.13. The van der Waals surface area contributed by atoms with Crippen molar-refractivity contribution in [1.29, 1.82) is 0 Å². The van der Waals surface area contributed by atoms with Gasteiger partial charge in [0.2, 0.25) is 5.78 Å². The van der Waals surface area contributed by atoms with Crippen molar-refractivity contribution in [1.82, 2.24) is 9.80 Å². The quantitative estimate of drug-likeness (QED) is 0.409. The third kappa shape index (κ3) is 4.66. The predicted molar refractivity (Wildman–Crippen MR) is 137 cm³/mol. The zero-order valence-corrected chi connectivity index (χ0v) is 21.5. The third-order valence-electron chi connectivity index (χ3n) is 6.66. The second-order valence-corrected chi connectivity index (χ2v) is 9.76. The minimum Gasteiger partial charge on any atom is -0.503 e. The van der Waals surface area contributed by atoms with E-state index in [0.29, 0.717) is 42.9 Å². The molecule has 3 aromatic rings. The van der Waals surface area contributed by atoms with Crippen LogP contribution in [0, 0.1) is 0 Å². The number of aliphatic hydroxyl groups is 1. The Morgan fingerprint density at radius 1 is 1.14 bits per heavy atom. The number of para-hydroxylation sites is 1. The number of ether oxygens (including phenoxy) is 2. The average Bonchev–Trinajstić information content (AvgIpc) is 3.44. The molecule has 188 valence electrons. The Morgan fingerprint density at radius 2 is 1.89 bits per heavy atom. The molecule has 36 heavy (non-hydrogen) atoms. The van der Waals surface area contributed by atoms with E-state index in [1.165, 1.54) is 7.11 Å². The number of morpholine rings is 1. The number of Topliss-reactive ketones (excluding diaryl/α,β-unsaturated/α-hetero) is 1. The zero-order chi connectivity index (χ0) is 25.2. The average molecular weight is 555 g/mol. The smallest absolute Gasteiger partial charge is 0.290 e. The molecular weight excluding hydrogens is 528 g/mol. The van der Waals surface area contributed by atoms with E-state index in [9.17, 15) is 14.7 Å². The van der Waals surface area contributed by atoms with E-state index in [4.69, 9.17) is 13.9 Å². The standard InChI is InChI=1S/C27H27BrN2O6/c1-34-20-5-2-4-18-16-21(36-26(18)20)24(31)22-23(17-6-8-19(28)9-7-17)30(27(33)25(22)32)11-3-10-29-12-14-35-15-13-29/h2,4-9,16,23,32H,3,10-15H2,1H3/t23-/m0/s1. The minimum atomic E-state index is -0.724. The van der Waals surface area contributed by atoms with Gasteiger partial charge in [0.15, 0.2) is 22.9 Å². The van der Waals surface area contributed by atoms with Gasteiger partial charge in [0.1, 0.15) is 0 Å². The van der Waals surface area contributed by atoms with Crippen molar-refractivity contribution in [3.63, 3.8) is 0 Å². The first-order chi connectivity index (χ1) is 17.5. The largest absolute Gasteiger partial charge is 0.503 e. The lowest BCUT2D eigenvalue weighted by molar-refractivity contribution is -0.129. The molecule has 2 aromatic carbocycles. The number of nitrogens with zero attached hydrogens (tertiary/aromatic N) is 2. The topological polar surface area (TPSA) is 92.5 Å². The van der Waals surface area contributed by atoms with E-state index in [0.717, 1.165) is 29.7 Å². The molecule has 3 heterocycles. The van der Waals surface area contributed by atoms with Crippen LogP contribution in [0.5, 0.6) is 5.75 Å². The summed E-state index contributed by atoms with van der Waals surface area (Å²) in [6.07, 6.45) is 0.704. The number of benzene rings is 2. The van der Waals surface area contributed by atoms with Crippen LogP contribution < -0.4 is 4.74 Å². The fraction of sp³-hybridized carbons (Fsp3) is 0.333. The monoisotopic (exact) mass is 554 g/mol. The molecule has 0 radical (unpaired) electrons. The van der Waals surface area contributed by atoms with Gasteiger partial charge in [-0.1, -0.05) is 40.2 Å². The van der Waals surface area contributed by atoms with Gasteiger partial charge >= 0.3 is 0 Å². The van der Waals surface area contributed by atoms with Crippen LogP contribution in [0.2, 0.25) is 0 Å². The summed E-state index contributed by atoms with van der Waals surface area (Å²) in [7, 11) is 1.53. The summed E-state index contributed by atoms with van der Waals surface area (Å²) < 4.78 is 17.5. The van der Waals surface area contributed by atoms with Crippen LogP contribution >= 0.6 is 15.9 Å². The molecule has 1 atom stereocenters.